The van der Waals surface area contributed by atoms with Gasteiger partial charge in [0.05, 0.1) is 16.7 Å². The molecule has 4 heteroatoms. The Morgan fingerprint density at radius 2 is 1.13 bits per heavy atom. The fourth-order valence-corrected chi connectivity index (χ4v) is 8.50. The first kappa shape index (κ1) is 25.6. The molecule has 10 rings (SSSR count). The van der Waals surface area contributed by atoms with E-state index in [9.17, 15) is 0 Å². The zero-order valence-electron chi connectivity index (χ0n) is 24.8. The van der Waals surface area contributed by atoms with Gasteiger partial charge >= 0.3 is 0 Å². The summed E-state index contributed by atoms with van der Waals surface area (Å²) in [6, 6.07) is 52.4. The first-order valence-corrected chi connectivity index (χ1v) is 16.5. The third-order valence-corrected chi connectivity index (χ3v) is 10.5. The molecule has 1 unspecified atom stereocenters. The molecule has 0 spiro atoms. The monoisotopic (exact) mass is 605 g/mol. The number of rotatable bonds is 3. The second-order valence-corrected chi connectivity index (χ2v) is 13.1. The van der Waals surface area contributed by atoms with Crippen LogP contribution in [0.25, 0.3) is 69.2 Å². The Morgan fingerprint density at radius 1 is 0.522 bits per heavy atom. The van der Waals surface area contributed by atoms with Gasteiger partial charge in [0.1, 0.15) is 0 Å². The topological polar surface area (TPSA) is 29.3 Å². The second kappa shape index (κ2) is 9.90. The van der Waals surface area contributed by atoms with Gasteiger partial charge < -0.3 is 9.88 Å². The van der Waals surface area contributed by atoms with E-state index in [0.29, 0.717) is 0 Å². The summed E-state index contributed by atoms with van der Waals surface area (Å²) in [6.45, 7) is 0. The highest BCUT2D eigenvalue weighted by Gasteiger charge is 2.26. The molecule has 1 N–H and O–H groups in total. The molecular formula is C42H27N3S. The van der Waals surface area contributed by atoms with Crippen LogP contribution in [0.3, 0.4) is 0 Å². The van der Waals surface area contributed by atoms with Crippen molar-refractivity contribution in [3.05, 3.63) is 163 Å². The maximum Gasteiger partial charge on any atom is 0.201 e. The predicted molar refractivity (Wildman–Crippen MR) is 197 cm³/mol. The lowest BCUT2D eigenvalue weighted by Gasteiger charge is -2.27. The summed E-state index contributed by atoms with van der Waals surface area (Å²) in [7, 11) is 0. The quantitative estimate of drug-likeness (QED) is 0.213. The predicted octanol–water partition coefficient (Wildman–Crippen LogP) is 11.1. The smallest absolute Gasteiger partial charge is 0.201 e. The maximum atomic E-state index is 5.48. The Labute approximate surface area is 269 Å². The fraction of sp³-hybridized carbons (Fsp3) is 0.0238. The average Bonchev–Trinajstić information content (AvgIpc) is 3.68. The van der Waals surface area contributed by atoms with Crippen LogP contribution in [0.15, 0.2) is 157 Å². The van der Waals surface area contributed by atoms with Crippen LogP contribution in [0.5, 0.6) is 0 Å². The van der Waals surface area contributed by atoms with E-state index in [2.05, 4.69) is 162 Å². The number of allylic oxidation sites excluding steroid dienone is 1. The van der Waals surface area contributed by atoms with Crippen molar-refractivity contribution in [3.8, 4) is 0 Å². The number of benzene rings is 7. The molecule has 0 aliphatic carbocycles. The normalized spacial score (nSPS) is 15.2. The van der Waals surface area contributed by atoms with Gasteiger partial charge in [0, 0.05) is 36.6 Å². The lowest BCUT2D eigenvalue weighted by molar-refractivity contribution is 0.509. The Kier molecular flexibility index (Phi) is 5.51. The van der Waals surface area contributed by atoms with E-state index in [1.165, 1.54) is 63.5 Å². The molecule has 0 saturated carbocycles. The SMILES string of the molecule is C1=C(c2ccccc2)NC(n2c3ccc4ccccc4c3c3ccc4sc5ccc6ccccc6c5c4c32)N=C1c1ccccc1. The zero-order valence-corrected chi connectivity index (χ0v) is 25.6. The van der Waals surface area contributed by atoms with Gasteiger partial charge in [-0.1, -0.05) is 127 Å². The van der Waals surface area contributed by atoms with E-state index in [1.807, 2.05) is 11.3 Å². The van der Waals surface area contributed by atoms with Crippen LogP contribution in [0.1, 0.15) is 17.4 Å². The van der Waals surface area contributed by atoms with Gasteiger partial charge in [0.25, 0.3) is 0 Å². The van der Waals surface area contributed by atoms with Crippen LogP contribution in [0.4, 0.5) is 0 Å². The van der Waals surface area contributed by atoms with E-state index in [0.717, 1.165) is 22.5 Å². The third kappa shape index (κ3) is 3.74. The van der Waals surface area contributed by atoms with Gasteiger partial charge in [0.15, 0.2) is 0 Å². The Morgan fingerprint density at radius 3 is 1.89 bits per heavy atom. The molecule has 3 heterocycles. The van der Waals surface area contributed by atoms with E-state index in [1.54, 1.807) is 0 Å². The maximum absolute atomic E-state index is 5.48. The molecule has 0 amide bonds. The van der Waals surface area contributed by atoms with Crippen molar-refractivity contribution in [3.63, 3.8) is 0 Å². The van der Waals surface area contributed by atoms with E-state index < -0.39 is 0 Å². The highest BCUT2D eigenvalue weighted by atomic mass is 32.1. The second-order valence-electron chi connectivity index (χ2n) is 12.0. The lowest BCUT2D eigenvalue weighted by Crippen LogP contribution is -2.29. The van der Waals surface area contributed by atoms with E-state index >= 15 is 0 Å². The summed E-state index contributed by atoms with van der Waals surface area (Å²) < 4.78 is 5.05. The summed E-state index contributed by atoms with van der Waals surface area (Å²) in [5, 5.41) is 14.1. The molecular weight excluding hydrogens is 579 g/mol. The minimum atomic E-state index is -0.368. The number of hydrogen-bond acceptors (Lipinski definition) is 3. The van der Waals surface area contributed by atoms with Crippen molar-refractivity contribution in [2.45, 2.75) is 6.29 Å². The van der Waals surface area contributed by atoms with Gasteiger partial charge in [-0.3, -0.25) is 0 Å². The number of nitrogens with zero attached hydrogens (tertiary/aromatic N) is 2. The zero-order chi connectivity index (χ0) is 30.2. The molecule has 0 saturated heterocycles. The average molecular weight is 606 g/mol. The Balaban J connectivity index is 1.37. The van der Waals surface area contributed by atoms with Crippen molar-refractivity contribution >= 4 is 86.3 Å². The van der Waals surface area contributed by atoms with Crippen LogP contribution in [0, 0.1) is 0 Å². The molecule has 9 aromatic rings. The summed E-state index contributed by atoms with van der Waals surface area (Å²) in [5.41, 5.74) is 6.65. The van der Waals surface area contributed by atoms with Gasteiger partial charge in [-0.25, -0.2) is 4.99 Å². The highest BCUT2D eigenvalue weighted by molar-refractivity contribution is 7.26. The molecule has 1 atom stereocenters. The molecule has 216 valence electrons. The van der Waals surface area contributed by atoms with Crippen LogP contribution in [-0.4, -0.2) is 10.3 Å². The standard InChI is InChI=1S/C42H27N3S/c1-3-13-28(14-4-1)33-25-34(29-15-5-2-6-16-29)44-42(43-33)45-35-22-19-26-11-7-9-17-30(26)38(35)32-21-24-37-40(41(32)45)39-31-18-10-8-12-27(31)20-23-36(39)46-37/h1-25,42-43H. The van der Waals surface area contributed by atoms with Crippen molar-refractivity contribution in [1.82, 2.24) is 9.88 Å². The fourth-order valence-electron chi connectivity index (χ4n) is 7.37. The van der Waals surface area contributed by atoms with E-state index in [-0.39, 0.29) is 6.29 Å². The van der Waals surface area contributed by atoms with Crippen molar-refractivity contribution < 1.29 is 0 Å². The van der Waals surface area contributed by atoms with Gasteiger partial charge in [-0.15, -0.1) is 11.3 Å². The summed E-state index contributed by atoms with van der Waals surface area (Å²) in [5.74, 6) is 0. The van der Waals surface area contributed by atoms with Crippen LogP contribution < -0.4 is 5.32 Å². The van der Waals surface area contributed by atoms with E-state index in [4.69, 9.17) is 4.99 Å². The number of aliphatic imine (C=N–C) groups is 1. The Hall–Kier alpha value is -5.71. The number of aromatic nitrogens is 1. The summed E-state index contributed by atoms with van der Waals surface area (Å²) in [4.78, 5) is 5.48. The van der Waals surface area contributed by atoms with Crippen LogP contribution in [0.2, 0.25) is 0 Å². The van der Waals surface area contributed by atoms with Gasteiger partial charge in [0.2, 0.25) is 6.29 Å². The molecule has 3 nitrogen and oxygen atoms in total. The molecule has 0 bridgehead atoms. The minimum Gasteiger partial charge on any atom is -0.346 e. The Bertz CT molecular complexity index is 2710. The summed E-state index contributed by atoms with van der Waals surface area (Å²) in [6.07, 6.45) is 1.82. The van der Waals surface area contributed by atoms with Gasteiger partial charge in [-0.05, 0) is 56.9 Å². The number of nitrogens with one attached hydrogen (secondary N) is 1. The van der Waals surface area contributed by atoms with Crippen LogP contribution >= 0.6 is 11.3 Å². The molecule has 1 aliphatic rings. The molecule has 1 aliphatic heterocycles. The molecule has 0 radical (unpaired) electrons. The number of fused-ring (bicyclic) bond motifs is 11. The first-order valence-electron chi connectivity index (χ1n) is 15.7. The number of thiophene rings is 1. The largest absolute Gasteiger partial charge is 0.346 e. The summed E-state index contributed by atoms with van der Waals surface area (Å²) >= 11 is 1.87. The number of hydrogen-bond donors (Lipinski definition) is 1. The third-order valence-electron chi connectivity index (χ3n) is 9.40. The van der Waals surface area contributed by atoms with Crippen LogP contribution in [-0.2, 0) is 0 Å². The van der Waals surface area contributed by atoms with Gasteiger partial charge in [-0.2, -0.15) is 0 Å². The van der Waals surface area contributed by atoms with Crippen molar-refractivity contribution in [1.29, 1.82) is 0 Å². The first-order chi connectivity index (χ1) is 22.8. The molecule has 2 aromatic heterocycles. The molecule has 0 fully saturated rings. The molecule has 46 heavy (non-hydrogen) atoms. The van der Waals surface area contributed by atoms with Crippen molar-refractivity contribution in [2.75, 3.05) is 0 Å². The minimum absolute atomic E-state index is 0.368. The van der Waals surface area contributed by atoms with Crippen molar-refractivity contribution in [2.24, 2.45) is 4.99 Å². The molecule has 7 aromatic carbocycles. The highest BCUT2D eigenvalue weighted by Crippen LogP contribution is 2.46. The lowest BCUT2D eigenvalue weighted by atomic mass is 10.0.